The SMILES string of the molecule is CCN(CCCC(C)(C)O)c1cccc(OCc2ccc(C(O)O)cc2)c1. The maximum absolute atomic E-state index is 9.88. The van der Waals surface area contributed by atoms with Crippen LogP contribution >= 0.6 is 0 Å². The molecule has 5 heteroatoms. The number of aliphatic hydroxyl groups excluding tert-OH is 1. The minimum Gasteiger partial charge on any atom is -0.489 e. The van der Waals surface area contributed by atoms with E-state index in [0.717, 1.165) is 42.9 Å². The second kappa shape index (κ2) is 9.74. The van der Waals surface area contributed by atoms with Crippen LogP contribution in [0.5, 0.6) is 5.75 Å². The van der Waals surface area contributed by atoms with Gasteiger partial charge in [-0.3, -0.25) is 0 Å². The van der Waals surface area contributed by atoms with Gasteiger partial charge in [0.15, 0.2) is 6.29 Å². The standard InChI is InChI=1S/C22H31NO4/c1-4-23(14-6-13-22(2,3)26)19-7-5-8-20(15-19)27-16-17-9-11-18(12-10-17)21(24)25/h5,7-12,15,21,24-26H,4,6,13-14,16H2,1-3H3. The molecule has 0 fully saturated rings. The topological polar surface area (TPSA) is 73.2 Å². The number of anilines is 1. The Morgan fingerprint density at radius 2 is 1.78 bits per heavy atom. The van der Waals surface area contributed by atoms with Gasteiger partial charge in [-0.25, -0.2) is 0 Å². The van der Waals surface area contributed by atoms with E-state index in [-0.39, 0.29) is 0 Å². The zero-order valence-electron chi connectivity index (χ0n) is 16.4. The van der Waals surface area contributed by atoms with E-state index >= 15 is 0 Å². The summed E-state index contributed by atoms with van der Waals surface area (Å²) in [6.07, 6.45) is 0.233. The molecule has 0 aliphatic heterocycles. The summed E-state index contributed by atoms with van der Waals surface area (Å²) in [6, 6.07) is 15.0. The Balaban J connectivity index is 1.95. The van der Waals surface area contributed by atoms with Gasteiger partial charge in [0.05, 0.1) is 5.60 Å². The Bertz CT molecular complexity index is 692. The van der Waals surface area contributed by atoms with Crippen LogP contribution in [0.4, 0.5) is 5.69 Å². The summed E-state index contributed by atoms with van der Waals surface area (Å²) in [5.74, 6) is 0.791. The van der Waals surface area contributed by atoms with Gasteiger partial charge in [-0.15, -0.1) is 0 Å². The highest BCUT2D eigenvalue weighted by Crippen LogP contribution is 2.23. The van der Waals surface area contributed by atoms with Crippen molar-refractivity contribution in [2.24, 2.45) is 0 Å². The van der Waals surface area contributed by atoms with Crippen molar-refractivity contribution in [3.8, 4) is 5.75 Å². The van der Waals surface area contributed by atoms with Gasteiger partial charge in [0.1, 0.15) is 12.4 Å². The molecule has 0 bridgehead atoms. The predicted octanol–water partition coefficient (Wildman–Crippen LogP) is 3.63. The summed E-state index contributed by atoms with van der Waals surface area (Å²) < 4.78 is 5.89. The summed E-state index contributed by atoms with van der Waals surface area (Å²) in [5, 5.41) is 28.2. The highest BCUT2D eigenvalue weighted by atomic mass is 16.5. The third-order valence-electron chi connectivity index (χ3n) is 4.46. The van der Waals surface area contributed by atoms with Crippen LogP contribution in [-0.4, -0.2) is 34.0 Å². The Hall–Kier alpha value is -2.08. The number of nitrogens with zero attached hydrogens (tertiary/aromatic N) is 1. The lowest BCUT2D eigenvalue weighted by Crippen LogP contribution is -2.27. The fourth-order valence-electron chi connectivity index (χ4n) is 2.89. The summed E-state index contributed by atoms with van der Waals surface area (Å²) in [4.78, 5) is 2.27. The second-order valence-electron chi connectivity index (χ2n) is 7.40. The lowest BCUT2D eigenvalue weighted by Gasteiger charge is -2.25. The number of ether oxygens (including phenoxy) is 1. The fraction of sp³-hybridized carbons (Fsp3) is 0.455. The first-order valence-electron chi connectivity index (χ1n) is 9.43. The molecule has 0 amide bonds. The summed E-state index contributed by atoms with van der Waals surface area (Å²) in [6.45, 7) is 7.98. The maximum atomic E-state index is 9.88. The number of rotatable bonds is 10. The normalized spacial score (nSPS) is 11.7. The molecule has 2 rings (SSSR count). The van der Waals surface area contributed by atoms with Crippen LogP contribution < -0.4 is 9.64 Å². The van der Waals surface area contributed by atoms with Crippen molar-refractivity contribution >= 4 is 5.69 Å². The molecule has 0 heterocycles. The highest BCUT2D eigenvalue weighted by Gasteiger charge is 2.13. The molecule has 0 saturated carbocycles. The van der Waals surface area contributed by atoms with Crippen molar-refractivity contribution in [2.75, 3.05) is 18.0 Å². The lowest BCUT2D eigenvalue weighted by atomic mass is 10.0. The molecular weight excluding hydrogens is 342 g/mol. The van der Waals surface area contributed by atoms with E-state index in [4.69, 9.17) is 14.9 Å². The molecular formula is C22H31NO4. The zero-order valence-corrected chi connectivity index (χ0v) is 16.4. The van der Waals surface area contributed by atoms with E-state index in [2.05, 4.69) is 17.9 Å². The van der Waals surface area contributed by atoms with Crippen LogP contribution in [0.15, 0.2) is 48.5 Å². The first kappa shape index (κ1) is 21.2. The van der Waals surface area contributed by atoms with Gasteiger partial charge in [0, 0.05) is 30.4 Å². The van der Waals surface area contributed by atoms with E-state index in [1.54, 1.807) is 12.1 Å². The average molecular weight is 373 g/mol. The first-order chi connectivity index (χ1) is 12.8. The van der Waals surface area contributed by atoms with Gasteiger partial charge in [0.25, 0.3) is 0 Å². The van der Waals surface area contributed by atoms with Crippen LogP contribution in [-0.2, 0) is 6.61 Å². The van der Waals surface area contributed by atoms with Crippen molar-refractivity contribution in [3.05, 3.63) is 59.7 Å². The van der Waals surface area contributed by atoms with E-state index in [1.165, 1.54) is 0 Å². The molecule has 3 N–H and O–H groups in total. The van der Waals surface area contributed by atoms with Gasteiger partial charge in [-0.05, 0) is 51.3 Å². The summed E-state index contributed by atoms with van der Waals surface area (Å²) in [5.41, 5.74) is 1.89. The van der Waals surface area contributed by atoms with Gasteiger partial charge in [-0.1, -0.05) is 30.3 Å². The molecule has 0 spiro atoms. The molecule has 27 heavy (non-hydrogen) atoms. The Morgan fingerprint density at radius 3 is 2.37 bits per heavy atom. The average Bonchev–Trinajstić information content (AvgIpc) is 2.63. The smallest absolute Gasteiger partial charge is 0.178 e. The molecule has 0 radical (unpaired) electrons. The van der Waals surface area contributed by atoms with E-state index < -0.39 is 11.9 Å². The maximum Gasteiger partial charge on any atom is 0.178 e. The molecule has 5 nitrogen and oxygen atoms in total. The van der Waals surface area contributed by atoms with Gasteiger partial charge < -0.3 is 25.0 Å². The monoisotopic (exact) mass is 373 g/mol. The molecule has 148 valence electrons. The van der Waals surface area contributed by atoms with Crippen LogP contribution in [0, 0.1) is 0 Å². The highest BCUT2D eigenvalue weighted by molar-refractivity contribution is 5.50. The zero-order chi connectivity index (χ0) is 19.9. The van der Waals surface area contributed by atoms with Crippen molar-refractivity contribution in [1.82, 2.24) is 0 Å². The minimum absolute atomic E-state index is 0.413. The van der Waals surface area contributed by atoms with E-state index in [0.29, 0.717) is 12.2 Å². The summed E-state index contributed by atoms with van der Waals surface area (Å²) >= 11 is 0. The molecule has 0 aliphatic rings. The van der Waals surface area contributed by atoms with E-state index in [1.807, 2.05) is 44.2 Å². The van der Waals surface area contributed by atoms with Crippen molar-refractivity contribution in [1.29, 1.82) is 0 Å². The largest absolute Gasteiger partial charge is 0.489 e. The number of benzene rings is 2. The third kappa shape index (κ3) is 7.21. The van der Waals surface area contributed by atoms with E-state index in [9.17, 15) is 5.11 Å². The van der Waals surface area contributed by atoms with Gasteiger partial charge >= 0.3 is 0 Å². The van der Waals surface area contributed by atoms with Crippen LogP contribution in [0.3, 0.4) is 0 Å². The van der Waals surface area contributed by atoms with Crippen LogP contribution in [0.25, 0.3) is 0 Å². The second-order valence-corrected chi connectivity index (χ2v) is 7.40. The number of aliphatic hydroxyl groups is 3. The Kier molecular flexibility index (Phi) is 7.66. The Morgan fingerprint density at radius 1 is 1.07 bits per heavy atom. The minimum atomic E-state index is -1.45. The molecule has 0 unspecified atom stereocenters. The Labute approximate surface area is 161 Å². The quantitative estimate of drug-likeness (QED) is 0.555. The van der Waals surface area contributed by atoms with Crippen molar-refractivity contribution in [2.45, 2.75) is 52.1 Å². The molecule has 0 aliphatic carbocycles. The molecule has 0 aromatic heterocycles. The van der Waals surface area contributed by atoms with Crippen molar-refractivity contribution in [3.63, 3.8) is 0 Å². The number of hydrogen-bond donors (Lipinski definition) is 3. The summed E-state index contributed by atoms with van der Waals surface area (Å²) in [7, 11) is 0. The van der Waals surface area contributed by atoms with Crippen LogP contribution in [0.2, 0.25) is 0 Å². The third-order valence-corrected chi connectivity index (χ3v) is 4.46. The van der Waals surface area contributed by atoms with Gasteiger partial charge in [-0.2, -0.15) is 0 Å². The lowest BCUT2D eigenvalue weighted by molar-refractivity contribution is -0.0425. The molecule has 2 aromatic carbocycles. The molecule has 0 atom stereocenters. The predicted molar refractivity (Wildman–Crippen MR) is 108 cm³/mol. The fourth-order valence-corrected chi connectivity index (χ4v) is 2.89. The van der Waals surface area contributed by atoms with Gasteiger partial charge in [0.2, 0.25) is 0 Å². The molecule has 2 aromatic rings. The number of hydrogen-bond acceptors (Lipinski definition) is 5. The first-order valence-corrected chi connectivity index (χ1v) is 9.43. The molecule has 0 saturated heterocycles. The van der Waals surface area contributed by atoms with Crippen LogP contribution in [0.1, 0.15) is 51.0 Å². The van der Waals surface area contributed by atoms with Crippen molar-refractivity contribution < 1.29 is 20.1 Å².